The molecule has 1 saturated heterocycles. The summed E-state index contributed by atoms with van der Waals surface area (Å²) < 4.78 is 0. The number of carbonyl (C=O) groups is 2. The van der Waals surface area contributed by atoms with Gasteiger partial charge in [-0.15, -0.1) is 0 Å². The summed E-state index contributed by atoms with van der Waals surface area (Å²) in [5.41, 5.74) is 0.579. The molecule has 19 heavy (non-hydrogen) atoms. The molecule has 2 heterocycles. The second-order valence-electron chi connectivity index (χ2n) is 4.58. The fourth-order valence-corrected chi connectivity index (χ4v) is 2.34. The van der Waals surface area contributed by atoms with Crippen molar-refractivity contribution in [2.24, 2.45) is 0 Å². The average molecular weight is 262 g/mol. The highest BCUT2D eigenvalue weighted by Gasteiger charge is 2.40. The lowest BCUT2D eigenvalue weighted by atomic mass is 10.0. The van der Waals surface area contributed by atoms with E-state index in [1.54, 1.807) is 12.4 Å². The lowest BCUT2D eigenvalue weighted by molar-refractivity contribution is -0.134. The third kappa shape index (κ3) is 2.57. The van der Waals surface area contributed by atoms with Crippen molar-refractivity contribution < 1.29 is 9.59 Å². The molecule has 2 unspecified atom stereocenters. The van der Waals surface area contributed by atoms with Gasteiger partial charge in [-0.05, 0) is 12.8 Å². The van der Waals surface area contributed by atoms with Crippen molar-refractivity contribution in [1.29, 1.82) is 0 Å². The summed E-state index contributed by atoms with van der Waals surface area (Å²) in [5, 5.41) is 2.80. The van der Waals surface area contributed by atoms with Crippen LogP contribution in [0.15, 0.2) is 18.7 Å². The minimum atomic E-state index is -0.480. The van der Waals surface area contributed by atoms with Gasteiger partial charge in [0.2, 0.25) is 11.8 Å². The molecule has 2 amide bonds. The van der Waals surface area contributed by atoms with Crippen molar-refractivity contribution in [3.63, 3.8) is 0 Å². The van der Waals surface area contributed by atoms with Crippen LogP contribution in [0, 0.1) is 0 Å². The SMILES string of the molecule is CCCC1NC(=O)C(CC)N(c2cncnc2)C1=O. The number of nitrogens with zero attached hydrogens (tertiary/aromatic N) is 3. The van der Waals surface area contributed by atoms with E-state index in [0.29, 0.717) is 18.5 Å². The highest BCUT2D eigenvalue weighted by molar-refractivity contribution is 6.08. The van der Waals surface area contributed by atoms with Crippen molar-refractivity contribution in [2.45, 2.75) is 45.2 Å². The van der Waals surface area contributed by atoms with Crippen LogP contribution in [0.25, 0.3) is 0 Å². The van der Waals surface area contributed by atoms with Gasteiger partial charge in [0.15, 0.2) is 0 Å². The Morgan fingerprint density at radius 2 is 1.95 bits per heavy atom. The van der Waals surface area contributed by atoms with Gasteiger partial charge in [0.05, 0.1) is 18.1 Å². The monoisotopic (exact) mass is 262 g/mol. The van der Waals surface area contributed by atoms with Gasteiger partial charge in [0.25, 0.3) is 0 Å². The number of hydrogen-bond donors (Lipinski definition) is 1. The number of nitrogens with one attached hydrogen (secondary N) is 1. The summed E-state index contributed by atoms with van der Waals surface area (Å²) in [5.74, 6) is -0.187. The molecule has 6 heteroatoms. The van der Waals surface area contributed by atoms with Crippen LogP contribution in [0.4, 0.5) is 5.69 Å². The van der Waals surface area contributed by atoms with Crippen molar-refractivity contribution in [3.05, 3.63) is 18.7 Å². The first-order valence-electron chi connectivity index (χ1n) is 6.57. The van der Waals surface area contributed by atoms with Crippen LogP contribution in [-0.2, 0) is 9.59 Å². The summed E-state index contributed by atoms with van der Waals surface area (Å²) in [4.78, 5) is 34.0. The van der Waals surface area contributed by atoms with Gasteiger partial charge in [0.1, 0.15) is 18.4 Å². The number of piperazine rings is 1. The number of hydrogen-bond acceptors (Lipinski definition) is 4. The van der Waals surface area contributed by atoms with E-state index in [1.807, 2.05) is 13.8 Å². The number of amides is 2. The minimum absolute atomic E-state index is 0.0805. The Labute approximate surface area is 112 Å². The molecule has 0 bridgehead atoms. The van der Waals surface area contributed by atoms with Crippen LogP contribution in [0.5, 0.6) is 0 Å². The number of carbonyl (C=O) groups excluding carboxylic acids is 2. The van der Waals surface area contributed by atoms with E-state index in [-0.39, 0.29) is 11.8 Å². The lowest BCUT2D eigenvalue weighted by Crippen LogP contribution is -2.63. The summed E-state index contributed by atoms with van der Waals surface area (Å²) in [7, 11) is 0. The Morgan fingerprint density at radius 1 is 1.26 bits per heavy atom. The molecule has 102 valence electrons. The molecule has 0 aromatic carbocycles. The maximum atomic E-state index is 12.5. The number of anilines is 1. The first-order valence-corrected chi connectivity index (χ1v) is 6.57. The van der Waals surface area contributed by atoms with Crippen molar-refractivity contribution in [1.82, 2.24) is 15.3 Å². The molecule has 1 aromatic heterocycles. The predicted octanol–water partition coefficient (Wildman–Crippen LogP) is 0.887. The molecule has 1 aliphatic rings. The van der Waals surface area contributed by atoms with Crippen LogP contribution >= 0.6 is 0 Å². The van der Waals surface area contributed by atoms with Gasteiger partial charge in [-0.2, -0.15) is 0 Å². The highest BCUT2D eigenvalue weighted by Crippen LogP contribution is 2.22. The van der Waals surface area contributed by atoms with Gasteiger partial charge < -0.3 is 5.32 Å². The molecular weight excluding hydrogens is 244 g/mol. The third-order valence-electron chi connectivity index (χ3n) is 3.26. The molecule has 0 radical (unpaired) electrons. The molecule has 0 spiro atoms. The normalized spacial score (nSPS) is 23.4. The Kier molecular flexibility index (Phi) is 4.09. The molecule has 1 N–H and O–H groups in total. The summed E-state index contributed by atoms with van der Waals surface area (Å²) >= 11 is 0. The number of rotatable bonds is 4. The Bertz CT molecular complexity index is 463. The Balaban J connectivity index is 2.34. The fraction of sp³-hybridized carbons (Fsp3) is 0.538. The van der Waals surface area contributed by atoms with Gasteiger partial charge >= 0.3 is 0 Å². The van der Waals surface area contributed by atoms with E-state index in [9.17, 15) is 9.59 Å². The van der Waals surface area contributed by atoms with Crippen molar-refractivity contribution in [2.75, 3.05) is 4.90 Å². The first kappa shape index (κ1) is 13.5. The van der Waals surface area contributed by atoms with E-state index < -0.39 is 12.1 Å². The van der Waals surface area contributed by atoms with Crippen LogP contribution in [-0.4, -0.2) is 33.9 Å². The van der Waals surface area contributed by atoms with Crippen molar-refractivity contribution >= 4 is 17.5 Å². The zero-order valence-electron chi connectivity index (χ0n) is 11.2. The van der Waals surface area contributed by atoms with Crippen molar-refractivity contribution in [3.8, 4) is 0 Å². The molecule has 0 aliphatic carbocycles. The van der Waals surface area contributed by atoms with Gasteiger partial charge in [-0.3, -0.25) is 14.5 Å². The fourth-order valence-electron chi connectivity index (χ4n) is 2.34. The zero-order chi connectivity index (χ0) is 13.8. The van der Waals surface area contributed by atoms with E-state index in [4.69, 9.17) is 0 Å². The standard InChI is InChI=1S/C13H18N4O2/c1-3-5-10-13(19)17(9-6-14-8-15-7-9)11(4-2)12(18)16-10/h6-8,10-11H,3-5H2,1-2H3,(H,16,18). The molecule has 0 saturated carbocycles. The molecule has 6 nitrogen and oxygen atoms in total. The largest absolute Gasteiger partial charge is 0.342 e. The molecule has 1 aliphatic heterocycles. The van der Waals surface area contributed by atoms with Crippen LogP contribution < -0.4 is 10.2 Å². The second kappa shape index (κ2) is 5.77. The van der Waals surface area contributed by atoms with E-state index >= 15 is 0 Å². The topological polar surface area (TPSA) is 75.2 Å². The quantitative estimate of drug-likeness (QED) is 0.874. The smallest absolute Gasteiger partial charge is 0.250 e. The van der Waals surface area contributed by atoms with E-state index in [0.717, 1.165) is 6.42 Å². The van der Waals surface area contributed by atoms with Crippen LogP contribution in [0.3, 0.4) is 0 Å². The maximum absolute atomic E-state index is 12.5. The number of aromatic nitrogens is 2. The Morgan fingerprint density at radius 3 is 2.53 bits per heavy atom. The molecule has 1 fully saturated rings. The molecule has 2 atom stereocenters. The van der Waals surface area contributed by atoms with Gasteiger partial charge in [-0.25, -0.2) is 9.97 Å². The van der Waals surface area contributed by atoms with E-state index in [2.05, 4.69) is 15.3 Å². The maximum Gasteiger partial charge on any atom is 0.250 e. The lowest BCUT2D eigenvalue weighted by Gasteiger charge is -2.38. The first-order chi connectivity index (χ1) is 9.19. The highest BCUT2D eigenvalue weighted by atomic mass is 16.2. The van der Waals surface area contributed by atoms with Crippen LogP contribution in [0.2, 0.25) is 0 Å². The summed E-state index contributed by atoms with van der Waals surface area (Å²) in [6.45, 7) is 3.87. The van der Waals surface area contributed by atoms with E-state index in [1.165, 1.54) is 11.2 Å². The Hall–Kier alpha value is -1.98. The predicted molar refractivity (Wildman–Crippen MR) is 70.4 cm³/mol. The molecule has 2 rings (SSSR count). The van der Waals surface area contributed by atoms with Gasteiger partial charge in [0, 0.05) is 0 Å². The minimum Gasteiger partial charge on any atom is -0.342 e. The third-order valence-corrected chi connectivity index (χ3v) is 3.26. The molecule has 1 aromatic rings. The average Bonchev–Trinajstić information content (AvgIpc) is 2.43. The molecular formula is C13H18N4O2. The van der Waals surface area contributed by atoms with Crippen LogP contribution in [0.1, 0.15) is 33.1 Å². The summed E-state index contributed by atoms with van der Waals surface area (Å²) in [6, 6.07) is -0.924. The second-order valence-corrected chi connectivity index (χ2v) is 4.58. The zero-order valence-corrected chi connectivity index (χ0v) is 11.2. The van der Waals surface area contributed by atoms with Gasteiger partial charge in [-0.1, -0.05) is 20.3 Å². The summed E-state index contributed by atoms with van der Waals surface area (Å²) in [6.07, 6.45) is 6.58.